The van der Waals surface area contributed by atoms with Crippen LogP contribution in [0.15, 0.2) is 18.2 Å². The third-order valence-corrected chi connectivity index (χ3v) is 2.60. The Morgan fingerprint density at radius 2 is 1.88 bits per heavy atom. The van der Waals surface area contributed by atoms with Gasteiger partial charge in [0.25, 0.3) is 0 Å². The molecule has 0 bridgehead atoms. The molecule has 1 aliphatic heterocycles. The largest absolute Gasteiger partial charge is 0.454 e. The molecule has 2 rings (SSSR count). The van der Waals surface area contributed by atoms with E-state index in [-0.39, 0.29) is 12.4 Å². The van der Waals surface area contributed by atoms with Gasteiger partial charge >= 0.3 is 0 Å². The fourth-order valence-electron chi connectivity index (χ4n) is 2.05. The van der Waals surface area contributed by atoms with Crippen LogP contribution in [0, 0.1) is 0 Å². The van der Waals surface area contributed by atoms with Crippen LogP contribution in [0.25, 0.3) is 0 Å². The van der Waals surface area contributed by atoms with Crippen LogP contribution in [0.3, 0.4) is 0 Å². The maximum Gasteiger partial charge on any atom is 0.231 e. The molecule has 0 spiro atoms. The van der Waals surface area contributed by atoms with E-state index in [2.05, 4.69) is 38.2 Å². The van der Waals surface area contributed by atoms with E-state index < -0.39 is 0 Å². The summed E-state index contributed by atoms with van der Waals surface area (Å²) in [5.74, 6) is 1.72. The van der Waals surface area contributed by atoms with Crippen molar-refractivity contribution in [1.82, 2.24) is 5.32 Å². The number of fused-ring (bicyclic) bond motifs is 1. The molecule has 1 aromatic carbocycles. The van der Waals surface area contributed by atoms with Gasteiger partial charge in [-0.05, 0) is 31.0 Å². The maximum atomic E-state index is 5.36. The molecule has 0 radical (unpaired) electrons. The van der Waals surface area contributed by atoms with Crippen LogP contribution in [-0.2, 0) is 6.42 Å². The molecule has 0 saturated carbocycles. The smallest absolute Gasteiger partial charge is 0.231 e. The van der Waals surface area contributed by atoms with Crippen molar-refractivity contribution in [2.75, 3.05) is 6.79 Å². The van der Waals surface area contributed by atoms with Gasteiger partial charge in [-0.25, -0.2) is 0 Å². The number of ether oxygens (including phenoxy) is 2. The van der Waals surface area contributed by atoms with E-state index in [1.54, 1.807) is 0 Å². The van der Waals surface area contributed by atoms with Crippen molar-refractivity contribution in [2.45, 2.75) is 39.3 Å². The average Bonchev–Trinajstić information content (AvgIpc) is 2.63. The molecular weight excluding hydrogens is 238 g/mol. The molecule has 3 nitrogen and oxygen atoms in total. The highest BCUT2D eigenvalue weighted by molar-refractivity contribution is 5.85. The van der Waals surface area contributed by atoms with Crippen LogP contribution < -0.4 is 14.8 Å². The Balaban J connectivity index is 0.00000144. The Kier molecular flexibility index (Phi) is 5.09. The van der Waals surface area contributed by atoms with E-state index in [9.17, 15) is 0 Å². The Labute approximate surface area is 109 Å². The van der Waals surface area contributed by atoms with Crippen LogP contribution in [0.1, 0.15) is 26.3 Å². The quantitative estimate of drug-likeness (QED) is 0.900. The highest BCUT2D eigenvalue weighted by atomic mass is 35.5. The molecule has 1 atom stereocenters. The number of hydrogen-bond acceptors (Lipinski definition) is 3. The normalized spacial score (nSPS) is 14.6. The van der Waals surface area contributed by atoms with E-state index in [1.165, 1.54) is 5.56 Å². The summed E-state index contributed by atoms with van der Waals surface area (Å²) in [5, 5.41) is 3.49. The van der Waals surface area contributed by atoms with Crippen molar-refractivity contribution in [3.63, 3.8) is 0 Å². The molecule has 0 amide bonds. The molecule has 1 N–H and O–H groups in total. The first-order chi connectivity index (χ1) is 7.65. The van der Waals surface area contributed by atoms with E-state index in [0.29, 0.717) is 18.9 Å². The Morgan fingerprint density at radius 3 is 2.59 bits per heavy atom. The van der Waals surface area contributed by atoms with Crippen LogP contribution >= 0.6 is 12.4 Å². The maximum absolute atomic E-state index is 5.36. The summed E-state index contributed by atoms with van der Waals surface area (Å²) in [6, 6.07) is 7.15. The van der Waals surface area contributed by atoms with Crippen molar-refractivity contribution in [2.24, 2.45) is 0 Å². The van der Waals surface area contributed by atoms with Crippen LogP contribution in [0.2, 0.25) is 0 Å². The monoisotopic (exact) mass is 257 g/mol. The van der Waals surface area contributed by atoms with Crippen molar-refractivity contribution in [1.29, 1.82) is 0 Å². The first-order valence-electron chi connectivity index (χ1n) is 5.79. The molecule has 0 aromatic heterocycles. The first kappa shape index (κ1) is 14.1. The topological polar surface area (TPSA) is 30.5 Å². The second-order valence-corrected chi connectivity index (χ2v) is 4.61. The molecule has 1 aliphatic rings. The molecular formula is C13H20ClNO2. The van der Waals surface area contributed by atoms with Gasteiger partial charge in [0.15, 0.2) is 11.5 Å². The summed E-state index contributed by atoms with van der Waals surface area (Å²) in [5.41, 5.74) is 1.28. The second kappa shape index (κ2) is 6.12. The van der Waals surface area contributed by atoms with Gasteiger partial charge in [-0.2, -0.15) is 0 Å². The highest BCUT2D eigenvalue weighted by Crippen LogP contribution is 2.32. The lowest BCUT2D eigenvalue weighted by Gasteiger charge is -2.16. The minimum absolute atomic E-state index is 0. The Morgan fingerprint density at radius 1 is 1.18 bits per heavy atom. The number of benzene rings is 1. The summed E-state index contributed by atoms with van der Waals surface area (Å²) in [6.45, 7) is 6.87. The van der Waals surface area contributed by atoms with Gasteiger partial charge in [-0.1, -0.05) is 19.9 Å². The van der Waals surface area contributed by atoms with Crippen molar-refractivity contribution in [3.05, 3.63) is 23.8 Å². The predicted octanol–water partition coefficient (Wildman–Crippen LogP) is 2.77. The molecule has 0 saturated heterocycles. The Bertz CT molecular complexity index is 368. The summed E-state index contributed by atoms with van der Waals surface area (Å²) >= 11 is 0. The van der Waals surface area contributed by atoms with E-state index >= 15 is 0 Å². The van der Waals surface area contributed by atoms with Gasteiger partial charge in [0.05, 0.1) is 0 Å². The third-order valence-electron chi connectivity index (χ3n) is 2.60. The zero-order chi connectivity index (χ0) is 11.5. The lowest BCUT2D eigenvalue weighted by molar-refractivity contribution is 0.174. The van der Waals surface area contributed by atoms with Gasteiger partial charge < -0.3 is 14.8 Å². The van der Waals surface area contributed by atoms with E-state index in [0.717, 1.165) is 17.9 Å². The van der Waals surface area contributed by atoms with Crippen molar-refractivity contribution in [3.8, 4) is 11.5 Å². The lowest BCUT2D eigenvalue weighted by Crippen LogP contribution is -2.33. The summed E-state index contributed by atoms with van der Waals surface area (Å²) < 4.78 is 10.6. The number of rotatable bonds is 4. The molecule has 1 heterocycles. The molecule has 4 heteroatoms. The van der Waals surface area contributed by atoms with Crippen molar-refractivity contribution >= 4 is 12.4 Å². The van der Waals surface area contributed by atoms with Crippen LogP contribution in [0.4, 0.5) is 0 Å². The molecule has 96 valence electrons. The molecule has 0 fully saturated rings. The first-order valence-corrected chi connectivity index (χ1v) is 5.79. The van der Waals surface area contributed by atoms with E-state index in [1.807, 2.05) is 6.07 Å². The zero-order valence-corrected chi connectivity index (χ0v) is 11.3. The number of hydrogen-bond donors (Lipinski definition) is 1. The molecule has 0 aliphatic carbocycles. The number of nitrogens with one attached hydrogen (secondary N) is 1. The fourth-order valence-corrected chi connectivity index (χ4v) is 2.05. The summed E-state index contributed by atoms with van der Waals surface area (Å²) in [4.78, 5) is 0. The lowest BCUT2D eigenvalue weighted by atomic mass is 10.1. The molecule has 17 heavy (non-hydrogen) atoms. The average molecular weight is 258 g/mol. The zero-order valence-electron chi connectivity index (χ0n) is 10.5. The Hall–Kier alpha value is -0.930. The minimum atomic E-state index is 0. The number of halogens is 1. The second-order valence-electron chi connectivity index (χ2n) is 4.61. The summed E-state index contributed by atoms with van der Waals surface area (Å²) in [7, 11) is 0. The molecule has 1 unspecified atom stereocenters. The SMILES string of the molecule is CC(C)NC(C)Cc1ccc2c(c1)OCO2.Cl. The van der Waals surface area contributed by atoms with Gasteiger partial charge in [0.2, 0.25) is 6.79 Å². The third kappa shape index (κ3) is 3.79. The van der Waals surface area contributed by atoms with Crippen LogP contribution in [-0.4, -0.2) is 18.9 Å². The molecule has 1 aromatic rings. The standard InChI is InChI=1S/C13H19NO2.ClH/c1-9(2)14-10(3)6-11-4-5-12-13(7-11)16-8-15-12;/h4-5,7,9-10,14H,6,8H2,1-3H3;1H. The predicted molar refractivity (Wildman–Crippen MR) is 71.3 cm³/mol. The van der Waals surface area contributed by atoms with Gasteiger partial charge in [-0.15, -0.1) is 12.4 Å². The van der Waals surface area contributed by atoms with Gasteiger partial charge in [0, 0.05) is 12.1 Å². The van der Waals surface area contributed by atoms with Gasteiger partial charge in [-0.3, -0.25) is 0 Å². The van der Waals surface area contributed by atoms with Crippen LogP contribution in [0.5, 0.6) is 11.5 Å². The van der Waals surface area contributed by atoms with E-state index in [4.69, 9.17) is 9.47 Å². The fraction of sp³-hybridized carbons (Fsp3) is 0.538. The van der Waals surface area contributed by atoms with Gasteiger partial charge in [0.1, 0.15) is 0 Å². The minimum Gasteiger partial charge on any atom is -0.454 e. The highest BCUT2D eigenvalue weighted by Gasteiger charge is 2.14. The van der Waals surface area contributed by atoms with Crippen molar-refractivity contribution < 1.29 is 9.47 Å². The summed E-state index contributed by atoms with van der Waals surface area (Å²) in [6.07, 6.45) is 1.01.